The molecule has 0 spiro atoms. The van der Waals surface area contributed by atoms with E-state index in [4.69, 9.17) is 9.84 Å². The van der Waals surface area contributed by atoms with E-state index in [0.29, 0.717) is 6.42 Å². The van der Waals surface area contributed by atoms with Gasteiger partial charge in [0.2, 0.25) is 0 Å². The van der Waals surface area contributed by atoms with Crippen LogP contribution in [0.2, 0.25) is 0 Å². The summed E-state index contributed by atoms with van der Waals surface area (Å²) in [7, 11) is 0. The number of amides is 1. The van der Waals surface area contributed by atoms with Crippen molar-refractivity contribution in [2.24, 2.45) is 5.92 Å². The van der Waals surface area contributed by atoms with E-state index in [1.165, 1.54) is 4.90 Å². The van der Waals surface area contributed by atoms with Crippen LogP contribution in [-0.2, 0) is 9.53 Å². The van der Waals surface area contributed by atoms with Crippen LogP contribution in [0.25, 0.3) is 0 Å². The highest BCUT2D eigenvalue weighted by atomic mass is 19.1. The number of alkyl halides is 1. The Balaban J connectivity index is 2.17. The van der Waals surface area contributed by atoms with E-state index in [2.05, 4.69) is 0 Å². The fourth-order valence-corrected chi connectivity index (χ4v) is 2.86. The lowest BCUT2D eigenvalue weighted by molar-refractivity contribution is -0.146. The first-order valence-corrected chi connectivity index (χ1v) is 6.09. The number of piperidine rings is 1. The standard InChI is InChI=1S/C12H18FNO4/c1-12(2,3)18-11(17)14-6-4-7(8(13)5-6)9(14)10(15)16/h6-9H,4-5H2,1-3H3,(H,15,16)/t6?,7?,8-,9?/m1/s1. The third-order valence-corrected chi connectivity index (χ3v) is 3.46. The Morgan fingerprint density at radius 3 is 2.44 bits per heavy atom. The maximum Gasteiger partial charge on any atom is 0.411 e. The summed E-state index contributed by atoms with van der Waals surface area (Å²) in [5.41, 5.74) is -0.683. The molecule has 1 saturated heterocycles. The van der Waals surface area contributed by atoms with Gasteiger partial charge in [0.05, 0.1) is 0 Å². The molecule has 2 fully saturated rings. The zero-order valence-electron chi connectivity index (χ0n) is 10.7. The Bertz CT molecular complexity index is 379. The largest absolute Gasteiger partial charge is 0.480 e. The van der Waals surface area contributed by atoms with Crippen molar-refractivity contribution in [3.05, 3.63) is 0 Å². The number of hydrogen-bond donors (Lipinski definition) is 1. The van der Waals surface area contributed by atoms with Gasteiger partial charge in [0.15, 0.2) is 0 Å². The quantitative estimate of drug-likeness (QED) is 0.779. The predicted molar refractivity (Wildman–Crippen MR) is 60.9 cm³/mol. The first-order valence-electron chi connectivity index (χ1n) is 6.09. The summed E-state index contributed by atoms with van der Waals surface area (Å²) in [6, 6.07) is -1.44. The van der Waals surface area contributed by atoms with Crippen LogP contribution in [0.1, 0.15) is 33.6 Å². The summed E-state index contributed by atoms with van der Waals surface area (Å²) in [5, 5.41) is 9.15. The molecule has 0 aromatic rings. The van der Waals surface area contributed by atoms with Gasteiger partial charge in [0.25, 0.3) is 0 Å². The van der Waals surface area contributed by atoms with Gasteiger partial charge in [-0.15, -0.1) is 0 Å². The van der Waals surface area contributed by atoms with Crippen LogP contribution >= 0.6 is 0 Å². The Morgan fingerprint density at radius 1 is 1.33 bits per heavy atom. The van der Waals surface area contributed by atoms with Crippen LogP contribution in [0.15, 0.2) is 0 Å². The number of likely N-dealkylation sites (tertiary alicyclic amines) is 1. The number of rotatable bonds is 1. The molecule has 1 aliphatic carbocycles. The molecule has 0 aromatic carbocycles. The molecular formula is C12H18FNO4. The molecule has 2 rings (SSSR count). The van der Waals surface area contributed by atoms with Crippen molar-refractivity contribution < 1.29 is 23.8 Å². The molecule has 0 aromatic heterocycles. The molecule has 1 heterocycles. The minimum absolute atomic E-state index is 0.216. The van der Waals surface area contributed by atoms with Crippen molar-refractivity contribution in [3.63, 3.8) is 0 Å². The van der Waals surface area contributed by atoms with E-state index < -0.39 is 35.8 Å². The van der Waals surface area contributed by atoms with Gasteiger partial charge in [0.1, 0.15) is 17.8 Å². The summed E-state index contributed by atoms with van der Waals surface area (Å²) in [5.74, 6) is -1.75. The van der Waals surface area contributed by atoms with Gasteiger partial charge in [-0.05, 0) is 33.6 Å². The number of halogens is 1. The topological polar surface area (TPSA) is 66.8 Å². The van der Waals surface area contributed by atoms with Crippen LogP contribution in [0.5, 0.6) is 0 Å². The highest BCUT2D eigenvalue weighted by molar-refractivity contribution is 5.82. The van der Waals surface area contributed by atoms with Gasteiger partial charge in [-0.3, -0.25) is 4.90 Å². The van der Waals surface area contributed by atoms with Gasteiger partial charge in [-0.1, -0.05) is 0 Å². The normalized spacial score (nSPS) is 34.8. The van der Waals surface area contributed by atoms with Gasteiger partial charge in [0, 0.05) is 12.0 Å². The molecule has 0 radical (unpaired) electrons. The lowest BCUT2D eigenvalue weighted by atomic mass is 9.97. The van der Waals surface area contributed by atoms with Crippen LogP contribution in [0.3, 0.4) is 0 Å². The summed E-state index contributed by atoms with van der Waals surface area (Å²) in [6.07, 6.45) is -1.16. The third-order valence-electron chi connectivity index (χ3n) is 3.46. The first-order chi connectivity index (χ1) is 8.20. The highest BCUT2D eigenvalue weighted by Gasteiger charge is 2.57. The second-order valence-electron chi connectivity index (χ2n) is 5.98. The highest BCUT2D eigenvalue weighted by Crippen LogP contribution is 2.44. The number of carbonyl (C=O) groups is 2. The number of carbonyl (C=O) groups excluding carboxylic acids is 1. The van der Waals surface area contributed by atoms with Crippen molar-refractivity contribution in [2.75, 3.05) is 0 Å². The Hall–Kier alpha value is -1.33. The van der Waals surface area contributed by atoms with E-state index in [1.54, 1.807) is 20.8 Å². The summed E-state index contributed by atoms with van der Waals surface area (Å²) < 4.78 is 18.8. The fraction of sp³-hybridized carbons (Fsp3) is 0.833. The van der Waals surface area contributed by atoms with Crippen LogP contribution < -0.4 is 0 Å². The zero-order chi connectivity index (χ0) is 13.7. The van der Waals surface area contributed by atoms with E-state index in [1.807, 2.05) is 0 Å². The van der Waals surface area contributed by atoms with Crippen molar-refractivity contribution in [1.29, 1.82) is 0 Å². The van der Waals surface area contributed by atoms with Crippen LogP contribution in [0.4, 0.5) is 9.18 Å². The van der Waals surface area contributed by atoms with Gasteiger partial charge in [-0.25, -0.2) is 14.0 Å². The second-order valence-corrected chi connectivity index (χ2v) is 5.98. The van der Waals surface area contributed by atoms with Gasteiger partial charge in [-0.2, -0.15) is 0 Å². The molecule has 1 saturated carbocycles. The zero-order valence-corrected chi connectivity index (χ0v) is 10.7. The smallest absolute Gasteiger partial charge is 0.411 e. The maximum atomic E-state index is 13.6. The molecule has 2 bridgehead atoms. The molecule has 4 atom stereocenters. The van der Waals surface area contributed by atoms with Crippen molar-refractivity contribution in [3.8, 4) is 0 Å². The first kappa shape index (κ1) is 13.1. The number of fused-ring (bicyclic) bond motifs is 2. The average Bonchev–Trinajstić information content (AvgIpc) is 2.69. The minimum atomic E-state index is -1.16. The summed E-state index contributed by atoms with van der Waals surface area (Å²) >= 11 is 0. The van der Waals surface area contributed by atoms with Crippen molar-refractivity contribution in [2.45, 2.75) is 57.5 Å². The van der Waals surface area contributed by atoms with E-state index in [0.717, 1.165) is 0 Å². The van der Waals surface area contributed by atoms with Crippen LogP contribution in [0, 0.1) is 5.92 Å². The monoisotopic (exact) mass is 259 g/mol. The molecule has 102 valence electrons. The molecule has 3 unspecified atom stereocenters. The average molecular weight is 259 g/mol. The SMILES string of the molecule is CC(C)(C)OC(=O)N1C2CC(C1C(=O)O)[C@H](F)C2. The molecule has 2 aliphatic rings. The van der Waals surface area contributed by atoms with E-state index in [9.17, 15) is 14.0 Å². The van der Waals surface area contributed by atoms with Gasteiger partial charge < -0.3 is 9.84 Å². The minimum Gasteiger partial charge on any atom is -0.480 e. The van der Waals surface area contributed by atoms with Crippen molar-refractivity contribution in [1.82, 2.24) is 4.90 Å². The second kappa shape index (κ2) is 4.10. The number of aliphatic carboxylic acids is 1. The number of ether oxygens (including phenoxy) is 1. The van der Waals surface area contributed by atoms with Gasteiger partial charge >= 0.3 is 12.1 Å². The molecule has 1 amide bonds. The lowest BCUT2D eigenvalue weighted by Crippen LogP contribution is -2.53. The molecule has 18 heavy (non-hydrogen) atoms. The molecule has 5 nitrogen and oxygen atoms in total. The number of nitrogens with zero attached hydrogens (tertiary/aromatic N) is 1. The maximum absolute atomic E-state index is 13.6. The fourth-order valence-electron chi connectivity index (χ4n) is 2.86. The summed E-state index contributed by atoms with van der Waals surface area (Å²) in [6.45, 7) is 5.15. The number of carboxylic acid groups (broad SMARTS) is 1. The Labute approximate surface area is 105 Å². The Morgan fingerprint density at radius 2 is 1.94 bits per heavy atom. The van der Waals surface area contributed by atoms with Crippen molar-refractivity contribution >= 4 is 12.1 Å². The van der Waals surface area contributed by atoms with E-state index >= 15 is 0 Å². The molecule has 6 heteroatoms. The molecule has 1 aliphatic heterocycles. The number of carboxylic acids is 1. The van der Waals surface area contributed by atoms with E-state index in [-0.39, 0.29) is 12.5 Å². The third kappa shape index (κ3) is 2.15. The predicted octanol–water partition coefficient (Wildman–Crippen LogP) is 1.81. The summed E-state index contributed by atoms with van der Waals surface area (Å²) in [4.78, 5) is 24.4. The van der Waals surface area contributed by atoms with Crippen LogP contribution in [-0.4, -0.2) is 45.9 Å². The lowest BCUT2D eigenvalue weighted by Gasteiger charge is -2.35. The Kier molecular flexibility index (Phi) is 2.99. The number of hydrogen-bond acceptors (Lipinski definition) is 3. The molecular weight excluding hydrogens is 241 g/mol. The molecule has 1 N–H and O–H groups in total.